The molecule has 7 atom stereocenters. The van der Waals surface area contributed by atoms with Crippen LogP contribution in [0.4, 0.5) is 0 Å². The number of aliphatic carboxylic acids is 1. The van der Waals surface area contributed by atoms with Gasteiger partial charge in [0, 0.05) is 18.8 Å². The maximum atomic E-state index is 13.2. The van der Waals surface area contributed by atoms with Crippen LogP contribution in [-0.2, 0) is 19.1 Å². The van der Waals surface area contributed by atoms with Crippen molar-refractivity contribution in [2.24, 2.45) is 40.4 Å². The van der Waals surface area contributed by atoms with E-state index in [2.05, 4.69) is 20.8 Å². The molecule has 30 heavy (non-hydrogen) atoms. The molecule has 0 saturated heterocycles. The van der Waals surface area contributed by atoms with Crippen molar-refractivity contribution in [1.29, 1.82) is 0 Å². The molecule has 3 saturated carbocycles. The van der Waals surface area contributed by atoms with Crippen molar-refractivity contribution in [2.75, 3.05) is 0 Å². The third kappa shape index (κ3) is 2.63. The monoisotopic (exact) mass is 412 g/mol. The summed E-state index contributed by atoms with van der Waals surface area (Å²) in [5.74, 6) is 2.93. The normalized spacial score (nSPS) is 43.6. The van der Waals surface area contributed by atoms with Crippen LogP contribution in [0.15, 0.2) is 23.2 Å². The van der Waals surface area contributed by atoms with Gasteiger partial charge in [-0.25, -0.2) is 0 Å². The zero-order valence-corrected chi connectivity index (χ0v) is 18.2. The maximum absolute atomic E-state index is 13.2. The number of ketones is 2. The van der Waals surface area contributed by atoms with Crippen LogP contribution >= 0.6 is 0 Å². The Bertz CT molecular complexity index is 897. The van der Waals surface area contributed by atoms with Crippen LogP contribution in [0.25, 0.3) is 0 Å². The molecule has 162 valence electrons. The highest BCUT2D eigenvalue weighted by Gasteiger charge is 2.65. The molecule has 0 amide bonds. The lowest BCUT2D eigenvalue weighted by Gasteiger charge is -2.56. The molecule has 5 heteroatoms. The van der Waals surface area contributed by atoms with E-state index >= 15 is 0 Å². The Kier molecular flexibility index (Phi) is 4.37. The second kappa shape index (κ2) is 6.54. The second-order valence-electron chi connectivity index (χ2n) is 10.9. The van der Waals surface area contributed by atoms with Gasteiger partial charge in [0.25, 0.3) is 0 Å². The molecule has 0 radical (unpaired) electrons. The van der Waals surface area contributed by atoms with E-state index in [4.69, 9.17) is 9.84 Å². The third-order valence-electron chi connectivity index (χ3n) is 9.47. The summed E-state index contributed by atoms with van der Waals surface area (Å²) in [6, 6.07) is 0. The van der Waals surface area contributed by atoms with Crippen LogP contribution < -0.4 is 0 Å². The SMILES string of the molecule is C[C@@H]1C[C@H]2[C@@H]3CCC4=CC(=O)C5=C(O5)[C@]4(C)[C@H]3CC[C@]2(C)[C@H]1C(=O)CCCC(=O)O. The highest BCUT2D eigenvalue weighted by Crippen LogP contribution is 2.70. The molecule has 0 unspecified atom stereocenters. The van der Waals surface area contributed by atoms with Crippen LogP contribution in [0.5, 0.6) is 0 Å². The Labute approximate surface area is 177 Å². The average Bonchev–Trinajstić information content (AvgIpc) is 3.43. The number of allylic oxidation sites excluding steroid dienone is 2. The molecular formula is C25H32O5. The topological polar surface area (TPSA) is 84.0 Å². The fourth-order valence-corrected chi connectivity index (χ4v) is 8.19. The second-order valence-corrected chi connectivity index (χ2v) is 10.9. The quantitative estimate of drug-likeness (QED) is 0.710. The number of fused-ring (bicyclic) bond motifs is 6. The lowest BCUT2D eigenvalue weighted by Crippen LogP contribution is -2.50. The van der Waals surface area contributed by atoms with E-state index in [1.807, 2.05) is 6.08 Å². The molecule has 1 heterocycles. The van der Waals surface area contributed by atoms with Gasteiger partial charge < -0.3 is 9.84 Å². The molecule has 0 bridgehead atoms. The summed E-state index contributed by atoms with van der Waals surface area (Å²) in [6.07, 6.45) is 7.93. The van der Waals surface area contributed by atoms with Gasteiger partial charge in [-0.2, -0.15) is 0 Å². The summed E-state index contributed by atoms with van der Waals surface area (Å²) >= 11 is 0. The molecule has 5 rings (SSSR count). The van der Waals surface area contributed by atoms with E-state index in [-0.39, 0.29) is 34.7 Å². The van der Waals surface area contributed by atoms with Gasteiger partial charge in [-0.15, -0.1) is 0 Å². The van der Waals surface area contributed by atoms with Gasteiger partial charge in [0.1, 0.15) is 5.78 Å². The number of rotatable bonds is 5. The van der Waals surface area contributed by atoms with Gasteiger partial charge in [-0.3, -0.25) is 14.4 Å². The van der Waals surface area contributed by atoms with Crippen molar-refractivity contribution in [3.05, 3.63) is 23.2 Å². The summed E-state index contributed by atoms with van der Waals surface area (Å²) in [5, 5.41) is 8.92. The lowest BCUT2D eigenvalue weighted by molar-refractivity contribution is -0.137. The Morgan fingerprint density at radius 2 is 1.97 bits per heavy atom. The van der Waals surface area contributed by atoms with Crippen molar-refractivity contribution in [1.82, 2.24) is 0 Å². The molecule has 1 aliphatic heterocycles. The first-order valence-corrected chi connectivity index (χ1v) is 11.6. The van der Waals surface area contributed by atoms with Crippen molar-refractivity contribution in [3.8, 4) is 0 Å². The molecular weight excluding hydrogens is 380 g/mol. The fourth-order valence-electron chi connectivity index (χ4n) is 8.19. The number of carbonyl (C=O) groups excluding carboxylic acids is 2. The first kappa shape index (κ1) is 20.0. The lowest BCUT2D eigenvalue weighted by atomic mass is 9.47. The molecule has 5 aliphatic rings. The third-order valence-corrected chi connectivity index (χ3v) is 9.47. The molecule has 4 aliphatic carbocycles. The minimum Gasteiger partial charge on any atom is -0.481 e. The van der Waals surface area contributed by atoms with Gasteiger partial charge in [-0.05, 0) is 80.6 Å². The standard InChI is InChI=1S/C25H32O5/c1-13-11-17-15-8-7-14-12-19(27)22-23(30-22)25(14,3)16(15)9-10-24(17,2)21(13)18(26)5-4-6-20(28)29/h12-13,15-17,21H,4-11H2,1-3H3,(H,28,29)/t13-,15-,16+,17+,21-,24+,25+/m1/s1. The Morgan fingerprint density at radius 3 is 2.70 bits per heavy atom. The summed E-state index contributed by atoms with van der Waals surface area (Å²) in [6.45, 7) is 6.83. The molecule has 0 spiro atoms. The molecule has 3 fully saturated rings. The number of ether oxygens (including phenoxy) is 1. The van der Waals surface area contributed by atoms with Crippen LogP contribution in [-0.4, -0.2) is 22.6 Å². The van der Waals surface area contributed by atoms with E-state index in [0.717, 1.165) is 37.9 Å². The number of carboxylic acid groups (broad SMARTS) is 1. The van der Waals surface area contributed by atoms with E-state index in [0.29, 0.717) is 42.3 Å². The zero-order chi connectivity index (χ0) is 21.4. The minimum atomic E-state index is -0.826. The average molecular weight is 413 g/mol. The largest absolute Gasteiger partial charge is 0.481 e. The maximum Gasteiger partial charge on any atom is 0.303 e. The van der Waals surface area contributed by atoms with Gasteiger partial charge in [0.2, 0.25) is 11.5 Å². The van der Waals surface area contributed by atoms with Crippen molar-refractivity contribution in [2.45, 2.75) is 72.1 Å². The summed E-state index contributed by atoms with van der Waals surface area (Å²) in [4.78, 5) is 36.2. The van der Waals surface area contributed by atoms with Crippen LogP contribution in [0.1, 0.15) is 72.1 Å². The van der Waals surface area contributed by atoms with E-state index in [1.165, 1.54) is 5.57 Å². The van der Waals surface area contributed by atoms with Crippen LogP contribution in [0.2, 0.25) is 0 Å². The number of carboxylic acids is 1. The fraction of sp³-hybridized carbons (Fsp3) is 0.720. The van der Waals surface area contributed by atoms with E-state index in [1.54, 1.807) is 0 Å². The van der Waals surface area contributed by atoms with Crippen molar-refractivity contribution >= 4 is 17.5 Å². The molecule has 0 aromatic rings. The number of carbonyl (C=O) groups is 3. The number of hydrogen-bond donors (Lipinski definition) is 1. The van der Waals surface area contributed by atoms with Gasteiger partial charge in [0.05, 0.1) is 5.41 Å². The summed E-state index contributed by atoms with van der Waals surface area (Å²) < 4.78 is 5.72. The molecule has 0 aromatic carbocycles. The van der Waals surface area contributed by atoms with Crippen LogP contribution in [0, 0.1) is 40.4 Å². The van der Waals surface area contributed by atoms with Gasteiger partial charge >= 0.3 is 5.97 Å². The minimum absolute atomic E-state index is 0.00454. The van der Waals surface area contributed by atoms with E-state index < -0.39 is 5.97 Å². The van der Waals surface area contributed by atoms with Gasteiger partial charge in [-0.1, -0.05) is 19.4 Å². The molecule has 0 aromatic heterocycles. The Hall–Kier alpha value is -1.91. The first-order valence-electron chi connectivity index (χ1n) is 11.6. The predicted molar refractivity (Wildman–Crippen MR) is 110 cm³/mol. The van der Waals surface area contributed by atoms with Crippen molar-refractivity contribution < 1.29 is 24.2 Å². The molecule has 1 N–H and O–H groups in total. The zero-order valence-electron chi connectivity index (χ0n) is 18.2. The first-order chi connectivity index (χ1) is 14.2. The van der Waals surface area contributed by atoms with Gasteiger partial charge in [0.15, 0.2) is 5.76 Å². The Morgan fingerprint density at radius 1 is 1.20 bits per heavy atom. The number of Topliss-reactive ketones (excluding diaryl/α,β-unsaturated/α-hetero) is 1. The summed E-state index contributed by atoms with van der Waals surface area (Å²) in [7, 11) is 0. The van der Waals surface area contributed by atoms with Crippen molar-refractivity contribution in [3.63, 3.8) is 0 Å². The van der Waals surface area contributed by atoms with Crippen LogP contribution in [0.3, 0.4) is 0 Å². The highest BCUT2D eigenvalue weighted by molar-refractivity contribution is 6.07. The Balaban J connectivity index is 1.39. The highest BCUT2D eigenvalue weighted by atomic mass is 16.6. The molecule has 5 nitrogen and oxygen atoms in total. The smallest absolute Gasteiger partial charge is 0.303 e. The number of hydrogen-bond acceptors (Lipinski definition) is 4. The predicted octanol–water partition coefficient (Wildman–Crippen LogP) is 4.67. The van der Waals surface area contributed by atoms with E-state index in [9.17, 15) is 14.4 Å². The summed E-state index contributed by atoms with van der Waals surface area (Å²) in [5.41, 5.74) is 1.12.